The largest absolute Gasteiger partial charge is 0.303 e. The highest BCUT2D eigenvalue weighted by Gasteiger charge is 2.29. The van der Waals surface area contributed by atoms with Crippen LogP contribution in [-0.2, 0) is 0 Å². The lowest BCUT2D eigenvalue weighted by Crippen LogP contribution is -2.40. The Hall–Kier alpha value is 0.440. The highest BCUT2D eigenvalue weighted by atomic mass is 79.9. The Morgan fingerprint density at radius 1 is 1.14 bits per heavy atom. The molecule has 2 aliphatic rings. The van der Waals surface area contributed by atoms with Crippen molar-refractivity contribution in [2.45, 2.75) is 55.8 Å². The van der Waals surface area contributed by atoms with Gasteiger partial charge < -0.3 is 4.90 Å². The molecule has 0 aromatic carbocycles. The van der Waals surface area contributed by atoms with Gasteiger partial charge >= 0.3 is 0 Å². The average molecular weight is 260 g/mol. The maximum atomic E-state index is 3.67. The number of alkyl halides is 1. The first-order valence-electron chi connectivity index (χ1n) is 6.10. The predicted octanol–water partition coefficient (Wildman–Crippen LogP) is 3.42. The van der Waals surface area contributed by atoms with Gasteiger partial charge in [-0.25, -0.2) is 0 Å². The normalized spacial score (nSPS) is 34.5. The van der Waals surface area contributed by atoms with Gasteiger partial charge in [-0.15, -0.1) is 0 Å². The fourth-order valence-electron chi connectivity index (χ4n) is 2.88. The van der Waals surface area contributed by atoms with E-state index in [2.05, 4.69) is 27.9 Å². The van der Waals surface area contributed by atoms with Gasteiger partial charge in [-0.1, -0.05) is 35.2 Å². The molecule has 0 unspecified atom stereocenters. The summed E-state index contributed by atoms with van der Waals surface area (Å²) >= 11 is 3.67. The van der Waals surface area contributed by atoms with Crippen molar-refractivity contribution < 1.29 is 0 Å². The molecule has 0 bridgehead atoms. The molecule has 2 heteroatoms. The van der Waals surface area contributed by atoms with Crippen LogP contribution in [0.25, 0.3) is 0 Å². The van der Waals surface area contributed by atoms with Crippen LogP contribution in [0.5, 0.6) is 0 Å². The van der Waals surface area contributed by atoms with Crippen LogP contribution in [0.15, 0.2) is 0 Å². The maximum absolute atomic E-state index is 3.67. The molecule has 0 aromatic heterocycles. The van der Waals surface area contributed by atoms with Crippen LogP contribution >= 0.6 is 15.9 Å². The van der Waals surface area contributed by atoms with Crippen LogP contribution in [-0.4, -0.2) is 29.4 Å². The summed E-state index contributed by atoms with van der Waals surface area (Å²) in [6.45, 7) is 1.34. The van der Waals surface area contributed by atoms with Crippen LogP contribution in [0.3, 0.4) is 0 Å². The number of hydrogen-bond donors (Lipinski definition) is 0. The monoisotopic (exact) mass is 259 g/mol. The van der Waals surface area contributed by atoms with E-state index >= 15 is 0 Å². The molecule has 0 amide bonds. The first-order chi connectivity index (χ1) is 6.75. The van der Waals surface area contributed by atoms with Gasteiger partial charge in [0.2, 0.25) is 0 Å². The Bertz CT molecular complexity index is 171. The van der Waals surface area contributed by atoms with Crippen molar-refractivity contribution in [2.24, 2.45) is 5.92 Å². The second-order valence-corrected chi connectivity index (χ2v) is 6.46. The van der Waals surface area contributed by atoms with Crippen LogP contribution in [0.4, 0.5) is 0 Å². The lowest BCUT2D eigenvalue weighted by Gasteiger charge is -2.38. The zero-order valence-corrected chi connectivity index (χ0v) is 10.8. The predicted molar refractivity (Wildman–Crippen MR) is 64.9 cm³/mol. The second kappa shape index (κ2) is 4.98. The first-order valence-corrected chi connectivity index (χ1v) is 7.01. The van der Waals surface area contributed by atoms with Crippen LogP contribution < -0.4 is 0 Å². The molecule has 0 atom stereocenters. The minimum absolute atomic E-state index is 0.826. The van der Waals surface area contributed by atoms with Gasteiger partial charge in [-0.3, -0.25) is 0 Å². The molecule has 0 spiro atoms. The van der Waals surface area contributed by atoms with Gasteiger partial charge in [0, 0.05) is 17.4 Å². The molecule has 0 saturated heterocycles. The Balaban J connectivity index is 1.69. The van der Waals surface area contributed by atoms with Crippen molar-refractivity contribution >= 4 is 15.9 Å². The van der Waals surface area contributed by atoms with Crippen molar-refractivity contribution in [2.75, 3.05) is 13.6 Å². The van der Waals surface area contributed by atoms with Gasteiger partial charge in [-0.05, 0) is 38.6 Å². The van der Waals surface area contributed by atoms with Crippen molar-refractivity contribution in [3.63, 3.8) is 0 Å². The molecule has 82 valence electrons. The molecule has 0 radical (unpaired) electrons. The van der Waals surface area contributed by atoms with E-state index in [9.17, 15) is 0 Å². The van der Waals surface area contributed by atoms with E-state index in [0.717, 1.165) is 16.8 Å². The topological polar surface area (TPSA) is 3.24 Å². The van der Waals surface area contributed by atoms with Crippen molar-refractivity contribution in [1.29, 1.82) is 0 Å². The number of hydrogen-bond acceptors (Lipinski definition) is 1. The highest BCUT2D eigenvalue weighted by Crippen LogP contribution is 2.34. The summed E-state index contributed by atoms with van der Waals surface area (Å²) in [5, 5.41) is 0. The molecule has 0 N–H and O–H groups in total. The standard InChI is InChI=1S/C12H22BrN/c1-14(9-10-7-11(13)8-10)12-5-3-2-4-6-12/h10-12H,2-9H2,1H3. The van der Waals surface area contributed by atoms with Crippen LogP contribution in [0.1, 0.15) is 44.9 Å². The fourth-order valence-corrected chi connectivity index (χ4v) is 3.94. The third kappa shape index (κ3) is 2.73. The molecular weight excluding hydrogens is 238 g/mol. The fraction of sp³-hybridized carbons (Fsp3) is 1.00. The molecule has 0 heterocycles. The number of halogens is 1. The van der Waals surface area contributed by atoms with E-state index in [1.54, 1.807) is 0 Å². The maximum Gasteiger partial charge on any atom is 0.0152 e. The van der Waals surface area contributed by atoms with Gasteiger partial charge in [0.15, 0.2) is 0 Å². The van der Waals surface area contributed by atoms with Gasteiger partial charge in [0.05, 0.1) is 0 Å². The summed E-state index contributed by atoms with van der Waals surface area (Å²) in [6, 6.07) is 0.901. The molecule has 2 saturated carbocycles. The molecule has 2 fully saturated rings. The summed E-state index contributed by atoms with van der Waals surface area (Å²) in [5.41, 5.74) is 0. The lowest BCUT2D eigenvalue weighted by molar-refractivity contribution is 0.139. The molecule has 1 nitrogen and oxygen atoms in total. The molecule has 2 rings (SSSR count). The van der Waals surface area contributed by atoms with E-state index < -0.39 is 0 Å². The third-order valence-electron chi connectivity index (χ3n) is 3.92. The zero-order chi connectivity index (χ0) is 9.97. The second-order valence-electron chi connectivity index (χ2n) is 5.17. The molecule has 2 aliphatic carbocycles. The highest BCUT2D eigenvalue weighted by molar-refractivity contribution is 9.09. The van der Waals surface area contributed by atoms with Gasteiger partial charge in [0.25, 0.3) is 0 Å². The van der Waals surface area contributed by atoms with E-state index in [4.69, 9.17) is 0 Å². The molecular formula is C12H22BrN. The smallest absolute Gasteiger partial charge is 0.0152 e. The minimum Gasteiger partial charge on any atom is -0.303 e. The summed E-state index contributed by atoms with van der Waals surface area (Å²) in [6.07, 6.45) is 10.1. The minimum atomic E-state index is 0.826. The zero-order valence-electron chi connectivity index (χ0n) is 9.21. The number of rotatable bonds is 3. The van der Waals surface area contributed by atoms with Gasteiger partial charge in [-0.2, -0.15) is 0 Å². The quantitative estimate of drug-likeness (QED) is 0.703. The Morgan fingerprint density at radius 3 is 2.36 bits per heavy atom. The third-order valence-corrected chi connectivity index (χ3v) is 4.67. The van der Waals surface area contributed by atoms with Gasteiger partial charge in [0.1, 0.15) is 0 Å². The average Bonchev–Trinajstić information content (AvgIpc) is 2.17. The Labute approximate surface area is 96.4 Å². The molecule has 0 aliphatic heterocycles. The van der Waals surface area contributed by atoms with E-state index in [-0.39, 0.29) is 0 Å². The van der Waals surface area contributed by atoms with Crippen LogP contribution in [0.2, 0.25) is 0 Å². The summed E-state index contributed by atoms with van der Waals surface area (Å²) in [7, 11) is 2.33. The van der Waals surface area contributed by atoms with Crippen molar-refractivity contribution in [3.8, 4) is 0 Å². The summed E-state index contributed by atoms with van der Waals surface area (Å²) in [4.78, 5) is 3.45. The summed E-state index contributed by atoms with van der Waals surface area (Å²) < 4.78 is 0. The van der Waals surface area contributed by atoms with Crippen LogP contribution in [0, 0.1) is 5.92 Å². The first kappa shape index (κ1) is 10.9. The van der Waals surface area contributed by atoms with E-state index in [0.29, 0.717) is 0 Å². The van der Waals surface area contributed by atoms with E-state index in [1.165, 1.54) is 51.5 Å². The summed E-state index contributed by atoms with van der Waals surface area (Å²) in [5.74, 6) is 0.978. The SMILES string of the molecule is CN(CC1CC(Br)C1)C1CCCCC1. The van der Waals surface area contributed by atoms with Crippen molar-refractivity contribution in [1.82, 2.24) is 4.90 Å². The Morgan fingerprint density at radius 2 is 1.79 bits per heavy atom. The lowest BCUT2D eigenvalue weighted by atomic mass is 9.84. The van der Waals surface area contributed by atoms with Crippen molar-refractivity contribution in [3.05, 3.63) is 0 Å². The van der Waals surface area contributed by atoms with E-state index in [1.807, 2.05) is 0 Å². The molecule has 0 aromatic rings. The Kier molecular flexibility index (Phi) is 3.89. The number of nitrogens with zero attached hydrogens (tertiary/aromatic N) is 1. The molecule has 14 heavy (non-hydrogen) atoms.